The third-order valence-corrected chi connectivity index (χ3v) is 6.64. The van der Waals surface area contributed by atoms with Crippen LogP contribution in [-0.2, 0) is 14.4 Å². The first-order valence-corrected chi connectivity index (χ1v) is 12.1. The number of rotatable bonds is 7. The fourth-order valence-electron chi connectivity index (χ4n) is 4.60. The Balaban J connectivity index is 1.39. The van der Waals surface area contributed by atoms with Crippen molar-refractivity contribution in [1.29, 1.82) is 0 Å². The van der Waals surface area contributed by atoms with Crippen molar-refractivity contribution in [2.75, 3.05) is 20.2 Å². The van der Waals surface area contributed by atoms with E-state index in [1.807, 2.05) is 54.6 Å². The Hall–Kier alpha value is -3.68. The Bertz CT molecular complexity index is 1080. The number of benzene rings is 2. The summed E-state index contributed by atoms with van der Waals surface area (Å²) in [7, 11) is 1.62. The standard InChI is InChI=1S/C27H32N4O4/c1-19(32)30-16-14-22(15-17-30)28-26(33)12-13-27(34)31-25(21-8-10-23(35-2)11-9-21)18-24(29-31)20-6-4-3-5-7-20/h3-11,22,25H,12-18H2,1-2H3,(H,28,33)/t25-/m1/s1. The molecule has 4 rings (SSSR count). The third-order valence-electron chi connectivity index (χ3n) is 6.64. The molecule has 2 heterocycles. The molecular weight excluding hydrogens is 444 g/mol. The van der Waals surface area contributed by atoms with Crippen molar-refractivity contribution in [2.24, 2.45) is 5.10 Å². The number of ether oxygens (including phenoxy) is 1. The Morgan fingerprint density at radius 2 is 1.69 bits per heavy atom. The summed E-state index contributed by atoms with van der Waals surface area (Å²) in [6, 6.07) is 17.3. The molecule has 35 heavy (non-hydrogen) atoms. The molecule has 0 bridgehead atoms. The lowest BCUT2D eigenvalue weighted by Crippen LogP contribution is -2.46. The van der Waals surface area contributed by atoms with E-state index in [1.54, 1.807) is 18.9 Å². The second kappa shape index (κ2) is 11.2. The van der Waals surface area contributed by atoms with E-state index in [-0.39, 0.29) is 42.6 Å². The summed E-state index contributed by atoms with van der Waals surface area (Å²) < 4.78 is 5.27. The van der Waals surface area contributed by atoms with Gasteiger partial charge in [0.2, 0.25) is 17.7 Å². The van der Waals surface area contributed by atoms with E-state index in [1.165, 1.54) is 5.01 Å². The Morgan fingerprint density at radius 3 is 2.31 bits per heavy atom. The number of nitrogens with zero attached hydrogens (tertiary/aromatic N) is 3. The van der Waals surface area contributed by atoms with Crippen LogP contribution in [0.4, 0.5) is 0 Å². The highest BCUT2D eigenvalue weighted by Gasteiger charge is 2.33. The molecule has 0 unspecified atom stereocenters. The van der Waals surface area contributed by atoms with Crippen LogP contribution in [0.5, 0.6) is 5.75 Å². The predicted octanol–water partition coefficient (Wildman–Crippen LogP) is 3.28. The quantitative estimate of drug-likeness (QED) is 0.664. The molecule has 1 N–H and O–H groups in total. The average molecular weight is 477 g/mol. The highest BCUT2D eigenvalue weighted by atomic mass is 16.5. The van der Waals surface area contributed by atoms with E-state index in [0.717, 1.165) is 35.4 Å². The van der Waals surface area contributed by atoms with Gasteiger partial charge in [-0.05, 0) is 36.1 Å². The van der Waals surface area contributed by atoms with Crippen LogP contribution < -0.4 is 10.1 Å². The van der Waals surface area contributed by atoms with Gasteiger partial charge in [-0.1, -0.05) is 42.5 Å². The second-order valence-electron chi connectivity index (χ2n) is 8.99. The molecule has 1 atom stereocenters. The van der Waals surface area contributed by atoms with E-state index >= 15 is 0 Å². The summed E-state index contributed by atoms with van der Waals surface area (Å²) in [5, 5.41) is 9.22. The number of likely N-dealkylation sites (tertiary alicyclic amines) is 1. The molecule has 0 radical (unpaired) electrons. The molecule has 2 aliphatic heterocycles. The second-order valence-corrected chi connectivity index (χ2v) is 8.99. The summed E-state index contributed by atoms with van der Waals surface area (Å²) in [5.74, 6) is 0.484. The van der Waals surface area contributed by atoms with Gasteiger partial charge in [0.25, 0.3) is 0 Å². The van der Waals surface area contributed by atoms with Crippen LogP contribution in [-0.4, -0.2) is 59.6 Å². The van der Waals surface area contributed by atoms with Crippen molar-refractivity contribution in [2.45, 2.75) is 51.1 Å². The molecule has 0 spiro atoms. The first-order valence-electron chi connectivity index (χ1n) is 12.1. The van der Waals surface area contributed by atoms with Crippen molar-refractivity contribution in [3.8, 4) is 5.75 Å². The number of carbonyl (C=O) groups is 3. The van der Waals surface area contributed by atoms with Crippen LogP contribution in [0.15, 0.2) is 59.7 Å². The molecular formula is C27H32N4O4. The van der Waals surface area contributed by atoms with Crippen molar-refractivity contribution in [3.05, 3.63) is 65.7 Å². The lowest BCUT2D eigenvalue weighted by Gasteiger charge is -2.31. The molecule has 0 aliphatic carbocycles. The molecule has 1 saturated heterocycles. The molecule has 0 aromatic heterocycles. The minimum atomic E-state index is -0.234. The summed E-state index contributed by atoms with van der Waals surface area (Å²) >= 11 is 0. The van der Waals surface area contributed by atoms with Crippen molar-refractivity contribution < 1.29 is 19.1 Å². The summed E-state index contributed by atoms with van der Waals surface area (Å²) in [6.45, 7) is 2.86. The number of hydrogen-bond acceptors (Lipinski definition) is 5. The van der Waals surface area contributed by atoms with Gasteiger partial charge in [0.05, 0.1) is 18.9 Å². The number of hydrazone groups is 1. The molecule has 2 aromatic carbocycles. The Kier molecular flexibility index (Phi) is 7.80. The van der Waals surface area contributed by atoms with Gasteiger partial charge in [0.15, 0.2) is 0 Å². The predicted molar refractivity (Wildman–Crippen MR) is 133 cm³/mol. The number of amides is 3. The zero-order chi connectivity index (χ0) is 24.8. The highest BCUT2D eigenvalue weighted by Crippen LogP contribution is 2.34. The molecule has 184 valence electrons. The maximum absolute atomic E-state index is 13.2. The molecule has 2 aliphatic rings. The number of piperidine rings is 1. The monoisotopic (exact) mass is 476 g/mol. The van der Waals surface area contributed by atoms with Crippen LogP contribution in [0.2, 0.25) is 0 Å². The molecule has 8 nitrogen and oxygen atoms in total. The van der Waals surface area contributed by atoms with E-state index in [0.29, 0.717) is 19.5 Å². The molecule has 3 amide bonds. The highest BCUT2D eigenvalue weighted by molar-refractivity contribution is 6.03. The van der Waals surface area contributed by atoms with Crippen molar-refractivity contribution in [1.82, 2.24) is 15.2 Å². The first-order chi connectivity index (χ1) is 16.9. The van der Waals surface area contributed by atoms with E-state index in [4.69, 9.17) is 4.74 Å². The summed E-state index contributed by atoms with van der Waals surface area (Å²) in [5.41, 5.74) is 2.80. The van der Waals surface area contributed by atoms with Crippen LogP contribution in [0.3, 0.4) is 0 Å². The molecule has 0 saturated carbocycles. The normalized spacial score (nSPS) is 18.2. The van der Waals surface area contributed by atoms with E-state index in [9.17, 15) is 14.4 Å². The zero-order valence-electron chi connectivity index (χ0n) is 20.3. The number of hydrogen-bond donors (Lipinski definition) is 1. The zero-order valence-corrected chi connectivity index (χ0v) is 20.3. The van der Waals surface area contributed by atoms with Crippen LogP contribution in [0.25, 0.3) is 0 Å². The minimum absolute atomic E-state index is 0.0368. The fourth-order valence-corrected chi connectivity index (χ4v) is 4.60. The molecule has 8 heteroatoms. The molecule has 1 fully saturated rings. The number of nitrogens with one attached hydrogen (secondary N) is 1. The van der Waals surface area contributed by atoms with Crippen molar-refractivity contribution in [3.63, 3.8) is 0 Å². The maximum Gasteiger partial charge on any atom is 0.243 e. The van der Waals surface area contributed by atoms with E-state index in [2.05, 4.69) is 10.4 Å². The Labute approximate surface area is 205 Å². The first kappa shape index (κ1) is 24.4. The van der Waals surface area contributed by atoms with Crippen molar-refractivity contribution >= 4 is 23.4 Å². The third kappa shape index (κ3) is 6.07. The lowest BCUT2D eigenvalue weighted by atomic mass is 9.98. The summed E-state index contributed by atoms with van der Waals surface area (Å²) in [4.78, 5) is 39.0. The topological polar surface area (TPSA) is 91.3 Å². The average Bonchev–Trinajstić information content (AvgIpc) is 3.34. The number of methoxy groups -OCH3 is 1. The molecule has 2 aromatic rings. The number of carbonyl (C=O) groups excluding carboxylic acids is 3. The van der Waals surface area contributed by atoms with Gasteiger partial charge in [-0.25, -0.2) is 5.01 Å². The largest absolute Gasteiger partial charge is 0.497 e. The van der Waals surface area contributed by atoms with E-state index < -0.39 is 0 Å². The van der Waals surface area contributed by atoms with Gasteiger partial charge >= 0.3 is 0 Å². The Morgan fingerprint density at radius 1 is 1.00 bits per heavy atom. The van der Waals surface area contributed by atoms with Gasteiger partial charge in [-0.2, -0.15) is 5.10 Å². The van der Waals surface area contributed by atoms with Gasteiger partial charge < -0.3 is 15.0 Å². The van der Waals surface area contributed by atoms with Gasteiger partial charge in [0, 0.05) is 45.3 Å². The van der Waals surface area contributed by atoms with Crippen LogP contribution in [0, 0.1) is 0 Å². The van der Waals surface area contributed by atoms with Crippen LogP contribution in [0.1, 0.15) is 56.2 Å². The minimum Gasteiger partial charge on any atom is -0.497 e. The van der Waals surface area contributed by atoms with Crippen LogP contribution >= 0.6 is 0 Å². The maximum atomic E-state index is 13.2. The lowest BCUT2D eigenvalue weighted by molar-refractivity contribution is -0.135. The van der Waals surface area contributed by atoms with Gasteiger partial charge in [0.1, 0.15) is 5.75 Å². The SMILES string of the molecule is COc1ccc([C@H]2CC(c3ccccc3)=NN2C(=O)CCC(=O)NC2CCN(C(C)=O)CC2)cc1. The smallest absolute Gasteiger partial charge is 0.243 e. The summed E-state index contributed by atoms with van der Waals surface area (Å²) in [6.07, 6.45) is 2.25. The fraction of sp³-hybridized carbons (Fsp3) is 0.407. The van der Waals surface area contributed by atoms with Gasteiger partial charge in [-0.3, -0.25) is 14.4 Å². The van der Waals surface area contributed by atoms with Gasteiger partial charge in [-0.15, -0.1) is 0 Å².